The number of piperidine rings is 1. The molecule has 5 nitrogen and oxygen atoms in total. The summed E-state index contributed by atoms with van der Waals surface area (Å²) in [5.74, 6) is 0.593. The molecule has 1 atom stereocenters. The van der Waals surface area contributed by atoms with E-state index >= 15 is 0 Å². The first kappa shape index (κ1) is 14.0. The Bertz CT molecular complexity index is 841. The second kappa shape index (κ2) is 5.53. The van der Waals surface area contributed by atoms with Crippen LogP contribution in [0.4, 0.5) is 4.39 Å². The number of carbonyl (C=O) groups excluding carboxylic acids is 1. The lowest BCUT2D eigenvalue weighted by atomic mass is 10.0. The van der Waals surface area contributed by atoms with Crippen molar-refractivity contribution >= 4 is 16.9 Å². The van der Waals surface area contributed by atoms with Gasteiger partial charge >= 0.3 is 0 Å². The quantitative estimate of drug-likeness (QED) is 0.785. The zero-order valence-corrected chi connectivity index (χ0v) is 12.5. The monoisotopic (exact) mass is 313 g/mol. The molecule has 23 heavy (non-hydrogen) atoms. The number of imidazole rings is 1. The van der Waals surface area contributed by atoms with E-state index in [2.05, 4.69) is 9.97 Å². The molecule has 0 aliphatic carbocycles. The number of H-pyrrole nitrogens is 1. The lowest BCUT2D eigenvalue weighted by Crippen LogP contribution is -2.38. The second-order valence-corrected chi connectivity index (χ2v) is 5.77. The fourth-order valence-corrected chi connectivity index (χ4v) is 3.16. The van der Waals surface area contributed by atoms with Gasteiger partial charge in [0.25, 0.3) is 5.91 Å². The van der Waals surface area contributed by atoms with E-state index < -0.39 is 0 Å². The van der Waals surface area contributed by atoms with Gasteiger partial charge in [0.1, 0.15) is 11.6 Å². The number of hydrogen-bond acceptors (Lipinski definition) is 3. The standard InChI is InChI=1S/C17H16FN3O2/c18-11-6-7-12-13(10-11)20-16(19-12)14-4-1-2-8-21(14)17(22)15-5-3-9-23-15/h3,5-7,9-10,14H,1-2,4,8H2,(H,19,20)/t14-/m0/s1. The fraction of sp³-hybridized carbons (Fsp3) is 0.294. The predicted octanol–water partition coefficient (Wildman–Crippen LogP) is 3.66. The number of aromatic amines is 1. The summed E-state index contributed by atoms with van der Waals surface area (Å²) in [5.41, 5.74) is 1.35. The molecule has 2 aromatic heterocycles. The van der Waals surface area contributed by atoms with Crippen LogP contribution in [0.1, 0.15) is 41.7 Å². The number of likely N-dealkylation sites (tertiary alicyclic amines) is 1. The van der Waals surface area contributed by atoms with E-state index in [4.69, 9.17) is 4.42 Å². The van der Waals surface area contributed by atoms with Crippen LogP contribution in [0.2, 0.25) is 0 Å². The first-order valence-electron chi connectivity index (χ1n) is 7.72. The molecule has 1 aromatic carbocycles. The summed E-state index contributed by atoms with van der Waals surface area (Å²) in [6, 6.07) is 7.69. The Labute approximate surface area is 132 Å². The highest BCUT2D eigenvalue weighted by Crippen LogP contribution is 2.31. The predicted molar refractivity (Wildman–Crippen MR) is 82.4 cm³/mol. The molecule has 1 aliphatic rings. The van der Waals surface area contributed by atoms with Crippen molar-refractivity contribution in [2.75, 3.05) is 6.54 Å². The van der Waals surface area contributed by atoms with Crippen molar-refractivity contribution in [3.05, 3.63) is 54.0 Å². The van der Waals surface area contributed by atoms with E-state index in [0.29, 0.717) is 29.2 Å². The fourth-order valence-electron chi connectivity index (χ4n) is 3.16. The Kier molecular flexibility index (Phi) is 3.37. The molecule has 0 bridgehead atoms. The van der Waals surface area contributed by atoms with Gasteiger partial charge in [0, 0.05) is 6.54 Å². The third-order valence-electron chi connectivity index (χ3n) is 4.27. The van der Waals surface area contributed by atoms with E-state index in [9.17, 15) is 9.18 Å². The van der Waals surface area contributed by atoms with Crippen LogP contribution in [0.5, 0.6) is 0 Å². The number of carbonyl (C=O) groups is 1. The molecular weight excluding hydrogens is 297 g/mol. The van der Waals surface area contributed by atoms with E-state index in [1.165, 1.54) is 18.4 Å². The Morgan fingerprint density at radius 2 is 2.26 bits per heavy atom. The summed E-state index contributed by atoms with van der Waals surface area (Å²) in [5, 5.41) is 0. The summed E-state index contributed by atoms with van der Waals surface area (Å²) < 4.78 is 18.6. The number of fused-ring (bicyclic) bond motifs is 1. The Balaban J connectivity index is 1.70. The Morgan fingerprint density at radius 1 is 1.35 bits per heavy atom. The largest absolute Gasteiger partial charge is 0.459 e. The summed E-state index contributed by atoms with van der Waals surface area (Å²) in [6.07, 6.45) is 4.31. The second-order valence-electron chi connectivity index (χ2n) is 5.77. The van der Waals surface area contributed by atoms with Gasteiger partial charge in [-0.1, -0.05) is 0 Å². The van der Waals surface area contributed by atoms with Crippen molar-refractivity contribution in [1.82, 2.24) is 14.9 Å². The lowest BCUT2D eigenvalue weighted by molar-refractivity contribution is 0.0569. The molecular formula is C17H16FN3O2. The zero-order chi connectivity index (χ0) is 15.8. The topological polar surface area (TPSA) is 62.1 Å². The van der Waals surface area contributed by atoms with Crippen LogP contribution in [0, 0.1) is 5.82 Å². The van der Waals surface area contributed by atoms with Crippen LogP contribution in [0.3, 0.4) is 0 Å². The highest BCUT2D eigenvalue weighted by molar-refractivity contribution is 5.91. The van der Waals surface area contributed by atoms with Gasteiger partial charge in [-0.05, 0) is 49.6 Å². The molecule has 0 unspecified atom stereocenters. The smallest absolute Gasteiger partial charge is 0.290 e. The van der Waals surface area contributed by atoms with E-state index in [0.717, 1.165) is 19.3 Å². The number of amides is 1. The first-order valence-corrected chi connectivity index (χ1v) is 7.72. The third kappa shape index (κ3) is 2.50. The van der Waals surface area contributed by atoms with Crippen molar-refractivity contribution in [3.8, 4) is 0 Å². The minimum Gasteiger partial charge on any atom is -0.459 e. The first-order chi connectivity index (χ1) is 11.2. The number of halogens is 1. The SMILES string of the molecule is O=C(c1ccco1)N1CCCC[C@H]1c1nc2ccc(F)cc2[nH]1. The van der Waals surface area contributed by atoms with Gasteiger partial charge in [0.05, 0.1) is 23.3 Å². The Hall–Kier alpha value is -2.63. The number of nitrogens with zero attached hydrogens (tertiary/aromatic N) is 2. The number of hydrogen-bond donors (Lipinski definition) is 1. The zero-order valence-electron chi connectivity index (χ0n) is 12.5. The van der Waals surface area contributed by atoms with Gasteiger partial charge in [0.2, 0.25) is 0 Å². The highest BCUT2D eigenvalue weighted by Gasteiger charge is 2.31. The molecule has 1 fully saturated rings. The van der Waals surface area contributed by atoms with Gasteiger partial charge in [-0.3, -0.25) is 4.79 Å². The van der Waals surface area contributed by atoms with Crippen molar-refractivity contribution in [1.29, 1.82) is 0 Å². The maximum absolute atomic E-state index is 13.4. The van der Waals surface area contributed by atoms with E-state index in [-0.39, 0.29) is 17.8 Å². The highest BCUT2D eigenvalue weighted by atomic mass is 19.1. The minimum absolute atomic E-state index is 0.133. The maximum atomic E-state index is 13.4. The number of benzene rings is 1. The molecule has 1 amide bonds. The number of nitrogens with one attached hydrogen (secondary N) is 1. The van der Waals surface area contributed by atoms with Crippen LogP contribution in [0.25, 0.3) is 11.0 Å². The van der Waals surface area contributed by atoms with Gasteiger partial charge in [0.15, 0.2) is 5.76 Å². The number of furan rings is 1. The molecule has 0 saturated carbocycles. The van der Waals surface area contributed by atoms with E-state index in [1.807, 2.05) is 0 Å². The third-order valence-corrected chi connectivity index (χ3v) is 4.27. The maximum Gasteiger partial charge on any atom is 0.290 e. The molecule has 1 aliphatic heterocycles. The van der Waals surface area contributed by atoms with Gasteiger partial charge in [-0.25, -0.2) is 9.37 Å². The van der Waals surface area contributed by atoms with Gasteiger partial charge in [-0.2, -0.15) is 0 Å². The van der Waals surface area contributed by atoms with Crippen LogP contribution in [-0.2, 0) is 0 Å². The van der Waals surface area contributed by atoms with Crippen LogP contribution in [0.15, 0.2) is 41.0 Å². The summed E-state index contributed by atoms with van der Waals surface area (Å²) in [4.78, 5) is 22.1. The molecule has 0 radical (unpaired) electrons. The number of aromatic nitrogens is 2. The minimum atomic E-state index is -0.306. The van der Waals surface area contributed by atoms with Crippen LogP contribution < -0.4 is 0 Å². The molecule has 118 valence electrons. The Morgan fingerprint density at radius 3 is 3.09 bits per heavy atom. The number of rotatable bonds is 2. The average Bonchev–Trinajstić information content (AvgIpc) is 3.23. The molecule has 6 heteroatoms. The summed E-state index contributed by atoms with van der Waals surface area (Å²) in [7, 11) is 0. The molecule has 3 heterocycles. The lowest BCUT2D eigenvalue weighted by Gasteiger charge is -2.33. The summed E-state index contributed by atoms with van der Waals surface area (Å²) in [6.45, 7) is 0.662. The summed E-state index contributed by atoms with van der Waals surface area (Å²) >= 11 is 0. The van der Waals surface area contributed by atoms with Crippen molar-refractivity contribution < 1.29 is 13.6 Å². The van der Waals surface area contributed by atoms with Crippen molar-refractivity contribution in [2.24, 2.45) is 0 Å². The van der Waals surface area contributed by atoms with Crippen LogP contribution in [-0.4, -0.2) is 27.3 Å². The molecule has 0 spiro atoms. The average molecular weight is 313 g/mol. The van der Waals surface area contributed by atoms with Gasteiger partial charge in [-0.15, -0.1) is 0 Å². The van der Waals surface area contributed by atoms with E-state index in [1.54, 1.807) is 23.1 Å². The molecule has 1 saturated heterocycles. The van der Waals surface area contributed by atoms with Crippen molar-refractivity contribution in [2.45, 2.75) is 25.3 Å². The molecule has 3 aromatic rings. The van der Waals surface area contributed by atoms with Crippen molar-refractivity contribution in [3.63, 3.8) is 0 Å². The molecule has 4 rings (SSSR count). The van der Waals surface area contributed by atoms with Crippen LogP contribution >= 0.6 is 0 Å². The molecule has 1 N–H and O–H groups in total. The normalized spacial score (nSPS) is 18.5. The van der Waals surface area contributed by atoms with Gasteiger partial charge < -0.3 is 14.3 Å².